The first kappa shape index (κ1) is 16.9. The first-order valence-electron chi connectivity index (χ1n) is 7.71. The summed E-state index contributed by atoms with van der Waals surface area (Å²) in [5, 5.41) is 18.7. The lowest BCUT2D eigenvalue weighted by Crippen LogP contribution is -2.25. The van der Waals surface area contributed by atoms with Crippen LogP contribution in [-0.4, -0.2) is 20.6 Å². The predicted molar refractivity (Wildman–Crippen MR) is 95.2 cm³/mol. The van der Waals surface area contributed by atoms with Gasteiger partial charge in [0.15, 0.2) is 0 Å². The van der Waals surface area contributed by atoms with Crippen molar-refractivity contribution in [1.29, 1.82) is 5.26 Å². The summed E-state index contributed by atoms with van der Waals surface area (Å²) < 4.78 is 1.56. The maximum absolute atomic E-state index is 13.0. The van der Waals surface area contributed by atoms with Gasteiger partial charge in [-0.25, -0.2) is 9.78 Å². The number of hydrogen-bond donors (Lipinski definition) is 1. The number of carboxylic acids is 1. The highest BCUT2D eigenvalue weighted by Gasteiger charge is 2.20. The SMILES string of the molecule is CCc1nc2sc(C(=O)O)c(C)c2c(=O)n1Cc1cccc(C#N)c1. The van der Waals surface area contributed by atoms with E-state index in [0.717, 1.165) is 16.9 Å². The molecule has 0 atom stereocenters. The van der Waals surface area contributed by atoms with Crippen molar-refractivity contribution in [3.63, 3.8) is 0 Å². The van der Waals surface area contributed by atoms with Crippen LogP contribution in [0.1, 0.15) is 39.1 Å². The van der Waals surface area contributed by atoms with Crippen LogP contribution in [0.15, 0.2) is 29.1 Å². The van der Waals surface area contributed by atoms with Crippen molar-refractivity contribution in [3.05, 3.63) is 62.0 Å². The molecule has 0 spiro atoms. The molecule has 0 radical (unpaired) electrons. The van der Waals surface area contributed by atoms with Crippen LogP contribution >= 0.6 is 11.3 Å². The number of rotatable bonds is 4. The molecule has 0 saturated carbocycles. The van der Waals surface area contributed by atoms with Gasteiger partial charge in [0.1, 0.15) is 15.5 Å². The summed E-state index contributed by atoms with van der Waals surface area (Å²) in [5.41, 5.74) is 1.55. The lowest BCUT2D eigenvalue weighted by atomic mass is 10.1. The summed E-state index contributed by atoms with van der Waals surface area (Å²) in [7, 11) is 0. The third kappa shape index (κ3) is 2.92. The van der Waals surface area contributed by atoms with Gasteiger partial charge in [0.25, 0.3) is 5.56 Å². The lowest BCUT2D eigenvalue weighted by Gasteiger charge is -2.11. The fourth-order valence-electron chi connectivity index (χ4n) is 2.82. The molecule has 0 saturated heterocycles. The second-order valence-corrected chi connectivity index (χ2v) is 6.63. The second kappa shape index (κ2) is 6.49. The molecule has 3 rings (SSSR count). The Balaban J connectivity index is 2.22. The molecule has 6 nitrogen and oxygen atoms in total. The molecule has 1 N–H and O–H groups in total. The van der Waals surface area contributed by atoms with E-state index in [-0.39, 0.29) is 17.0 Å². The number of fused-ring (bicyclic) bond motifs is 1. The smallest absolute Gasteiger partial charge is 0.346 e. The monoisotopic (exact) mass is 353 g/mol. The van der Waals surface area contributed by atoms with Crippen LogP contribution in [-0.2, 0) is 13.0 Å². The molecule has 2 aromatic heterocycles. The number of nitrogens with zero attached hydrogens (tertiary/aromatic N) is 3. The summed E-state index contributed by atoms with van der Waals surface area (Å²) in [6.45, 7) is 3.82. The van der Waals surface area contributed by atoms with Crippen molar-refractivity contribution in [1.82, 2.24) is 9.55 Å². The van der Waals surface area contributed by atoms with Crippen molar-refractivity contribution in [2.75, 3.05) is 0 Å². The van der Waals surface area contributed by atoms with Crippen LogP contribution in [0.2, 0.25) is 0 Å². The van der Waals surface area contributed by atoms with E-state index in [4.69, 9.17) is 5.26 Å². The lowest BCUT2D eigenvalue weighted by molar-refractivity contribution is 0.0701. The van der Waals surface area contributed by atoms with E-state index >= 15 is 0 Å². The summed E-state index contributed by atoms with van der Waals surface area (Å²) in [6.07, 6.45) is 0.544. The number of carboxylic acid groups (broad SMARTS) is 1. The zero-order valence-electron chi connectivity index (χ0n) is 13.7. The number of aromatic carboxylic acids is 1. The molecule has 0 fully saturated rings. The average Bonchev–Trinajstić information content (AvgIpc) is 2.94. The van der Waals surface area contributed by atoms with E-state index in [1.54, 1.807) is 29.7 Å². The molecule has 0 unspecified atom stereocenters. The summed E-state index contributed by atoms with van der Waals surface area (Å²) in [5.74, 6) is -0.454. The first-order chi connectivity index (χ1) is 12.0. The Morgan fingerprint density at radius 2 is 2.20 bits per heavy atom. The number of hydrogen-bond acceptors (Lipinski definition) is 5. The van der Waals surface area contributed by atoms with Crippen LogP contribution in [0.25, 0.3) is 10.2 Å². The minimum absolute atomic E-state index is 0.144. The normalized spacial score (nSPS) is 10.8. The van der Waals surface area contributed by atoms with Crippen molar-refractivity contribution < 1.29 is 9.90 Å². The molecule has 3 aromatic rings. The predicted octanol–water partition coefficient (Wildman–Crippen LogP) is 2.95. The van der Waals surface area contributed by atoms with Crippen molar-refractivity contribution in [3.8, 4) is 6.07 Å². The quantitative estimate of drug-likeness (QED) is 0.778. The van der Waals surface area contributed by atoms with E-state index in [2.05, 4.69) is 11.1 Å². The average molecular weight is 353 g/mol. The van der Waals surface area contributed by atoms with Crippen LogP contribution < -0.4 is 5.56 Å². The highest BCUT2D eigenvalue weighted by Crippen LogP contribution is 2.27. The largest absolute Gasteiger partial charge is 0.477 e. The maximum Gasteiger partial charge on any atom is 0.346 e. The van der Waals surface area contributed by atoms with Gasteiger partial charge in [-0.05, 0) is 30.2 Å². The van der Waals surface area contributed by atoms with Gasteiger partial charge >= 0.3 is 5.97 Å². The molecular weight excluding hydrogens is 338 g/mol. The van der Waals surface area contributed by atoms with Gasteiger partial charge in [0, 0.05) is 6.42 Å². The highest BCUT2D eigenvalue weighted by molar-refractivity contribution is 7.20. The van der Waals surface area contributed by atoms with Gasteiger partial charge in [-0.3, -0.25) is 9.36 Å². The van der Waals surface area contributed by atoms with E-state index < -0.39 is 5.97 Å². The van der Waals surface area contributed by atoms with Gasteiger partial charge in [0.05, 0.1) is 23.6 Å². The van der Waals surface area contributed by atoms with Gasteiger partial charge in [-0.15, -0.1) is 11.3 Å². The minimum Gasteiger partial charge on any atom is -0.477 e. The Morgan fingerprint density at radius 1 is 1.44 bits per heavy atom. The summed E-state index contributed by atoms with van der Waals surface area (Å²) >= 11 is 1.03. The minimum atomic E-state index is -1.05. The first-order valence-corrected chi connectivity index (χ1v) is 8.53. The number of benzene rings is 1. The number of nitriles is 1. The highest BCUT2D eigenvalue weighted by atomic mass is 32.1. The third-order valence-electron chi connectivity index (χ3n) is 4.04. The van der Waals surface area contributed by atoms with E-state index in [1.165, 1.54) is 0 Å². The van der Waals surface area contributed by atoms with E-state index in [1.807, 2.05) is 13.0 Å². The molecular formula is C18H15N3O3S. The fourth-order valence-corrected chi connectivity index (χ4v) is 3.85. The summed E-state index contributed by atoms with van der Waals surface area (Å²) in [6, 6.07) is 9.14. The number of thiophene rings is 1. The number of carbonyl (C=O) groups is 1. The van der Waals surface area contributed by atoms with Gasteiger partial charge in [-0.1, -0.05) is 19.1 Å². The number of aromatic nitrogens is 2. The molecule has 126 valence electrons. The second-order valence-electron chi connectivity index (χ2n) is 5.63. The summed E-state index contributed by atoms with van der Waals surface area (Å²) in [4.78, 5) is 29.5. The Bertz CT molecular complexity index is 1090. The molecule has 0 aliphatic carbocycles. The fraction of sp³-hybridized carbons (Fsp3) is 0.222. The van der Waals surface area contributed by atoms with Crippen LogP contribution in [0, 0.1) is 18.3 Å². The van der Waals surface area contributed by atoms with Gasteiger partial charge in [0.2, 0.25) is 0 Å². The van der Waals surface area contributed by atoms with Crippen LogP contribution in [0.5, 0.6) is 0 Å². The Morgan fingerprint density at radius 3 is 2.84 bits per heavy atom. The Hall–Kier alpha value is -2.98. The van der Waals surface area contributed by atoms with Crippen molar-refractivity contribution in [2.45, 2.75) is 26.8 Å². The standard InChI is InChI=1S/C18H15N3O3S/c1-3-13-20-16-14(10(2)15(25-16)18(23)24)17(22)21(13)9-12-6-4-5-11(7-12)8-19/h4-7H,3,9H2,1-2H3,(H,23,24). The Labute approximate surface area is 147 Å². The maximum atomic E-state index is 13.0. The molecule has 0 amide bonds. The molecule has 0 bridgehead atoms. The number of aryl methyl sites for hydroxylation is 2. The van der Waals surface area contributed by atoms with Gasteiger partial charge < -0.3 is 5.11 Å². The molecule has 0 aliphatic heterocycles. The van der Waals surface area contributed by atoms with Crippen molar-refractivity contribution in [2.24, 2.45) is 0 Å². The van der Waals surface area contributed by atoms with Gasteiger partial charge in [-0.2, -0.15) is 5.26 Å². The molecule has 2 heterocycles. The molecule has 7 heteroatoms. The van der Waals surface area contributed by atoms with E-state index in [0.29, 0.717) is 33.6 Å². The third-order valence-corrected chi connectivity index (χ3v) is 5.21. The van der Waals surface area contributed by atoms with Crippen LogP contribution in [0.4, 0.5) is 0 Å². The molecule has 0 aliphatic rings. The van der Waals surface area contributed by atoms with Crippen LogP contribution in [0.3, 0.4) is 0 Å². The van der Waals surface area contributed by atoms with Crippen molar-refractivity contribution >= 4 is 27.5 Å². The molecule has 1 aromatic carbocycles. The molecule has 25 heavy (non-hydrogen) atoms. The topological polar surface area (TPSA) is 96.0 Å². The van der Waals surface area contributed by atoms with E-state index in [9.17, 15) is 14.7 Å². The zero-order valence-corrected chi connectivity index (χ0v) is 14.6. The Kier molecular flexibility index (Phi) is 4.38. The zero-order chi connectivity index (χ0) is 18.1.